The molecule has 88 valence electrons. The highest BCUT2D eigenvalue weighted by atomic mass is 16.4. The fourth-order valence-electron chi connectivity index (χ4n) is 1.88. The highest BCUT2D eigenvalue weighted by molar-refractivity contribution is 5.83. The minimum Gasteiger partial charge on any atom is -0.480 e. The monoisotopic (exact) mass is 234 g/mol. The van der Waals surface area contributed by atoms with Gasteiger partial charge in [-0.1, -0.05) is 0 Å². The molecule has 0 amide bonds. The summed E-state index contributed by atoms with van der Waals surface area (Å²) in [6.45, 7) is 0. The molecule has 0 unspecified atom stereocenters. The molecule has 17 heavy (non-hydrogen) atoms. The van der Waals surface area contributed by atoms with Gasteiger partial charge in [-0.25, -0.2) is 4.79 Å². The number of aromatic nitrogens is 5. The van der Waals surface area contributed by atoms with Gasteiger partial charge in [-0.2, -0.15) is 0 Å². The largest absolute Gasteiger partial charge is 0.480 e. The molecule has 8 heteroatoms. The quantitative estimate of drug-likeness (QED) is 0.766. The van der Waals surface area contributed by atoms with Crippen LogP contribution in [0.25, 0.3) is 5.65 Å². The lowest BCUT2D eigenvalue weighted by atomic mass is 9.77. The van der Waals surface area contributed by atoms with E-state index in [4.69, 9.17) is 0 Å². The number of carboxylic acid groups (broad SMARTS) is 1. The first-order valence-corrected chi connectivity index (χ1v) is 5.27. The molecule has 1 saturated carbocycles. The number of carboxylic acids is 1. The third-order valence-electron chi connectivity index (χ3n) is 3.05. The highest BCUT2D eigenvalue weighted by Gasteiger charge is 2.44. The fraction of sp³-hybridized carbons (Fsp3) is 0.444. The summed E-state index contributed by atoms with van der Waals surface area (Å²) in [4.78, 5) is 11.2. The number of nitrogens with zero attached hydrogens (tertiary/aromatic N) is 5. The Labute approximate surface area is 95.6 Å². The maximum absolute atomic E-state index is 11.2. The van der Waals surface area contributed by atoms with Crippen LogP contribution in [0, 0.1) is 0 Å². The molecule has 1 aliphatic carbocycles. The molecule has 0 radical (unpaired) electrons. The van der Waals surface area contributed by atoms with E-state index >= 15 is 0 Å². The molecule has 0 aliphatic heterocycles. The molecule has 0 saturated heterocycles. The van der Waals surface area contributed by atoms with Crippen molar-refractivity contribution in [1.82, 2.24) is 25.3 Å². The SMILES string of the molecule is O=C(O)C1(Nc2ccc3nnnn3n2)CCC1. The minimum absolute atomic E-state index is 0.465. The van der Waals surface area contributed by atoms with Crippen molar-refractivity contribution in [2.24, 2.45) is 0 Å². The van der Waals surface area contributed by atoms with E-state index in [1.165, 1.54) is 4.63 Å². The lowest BCUT2D eigenvalue weighted by Gasteiger charge is -2.38. The topological polar surface area (TPSA) is 105 Å². The van der Waals surface area contributed by atoms with Crippen LogP contribution in [0.3, 0.4) is 0 Å². The van der Waals surface area contributed by atoms with E-state index in [-0.39, 0.29) is 0 Å². The fourth-order valence-corrected chi connectivity index (χ4v) is 1.88. The molecular weight excluding hydrogens is 224 g/mol. The van der Waals surface area contributed by atoms with Crippen LogP contribution in [-0.2, 0) is 4.79 Å². The second-order valence-electron chi connectivity index (χ2n) is 4.11. The van der Waals surface area contributed by atoms with Gasteiger partial charge in [0.15, 0.2) is 5.65 Å². The predicted molar refractivity (Wildman–Crippen MR) is 56.4 cm³/mol. The van der Waals surface area contributed by atoms with Crippen molar-refractivity contribution in [3.05, 3.63) is 12.1 Å². The molecular formula is C9H10N6O2. The van der Waals surface area contributed by atoms with Gasteiger partial charge in [0.2, 0.25) is 0 Å². The molecule has 2 aromatic heterocycles. The van der Waals surface area contributed by atoms with Gasteiger partial charge >= 0.3 is 5.97 Å². The first-order valence-electron chi connectivity index (χ1n) is 5.27. The van der Waals surface area contributed by atoms with Crippen molar-refractivity contribution in [2.75, 3.05) is 5.32 Å². The summed E-state index contributed by atoms with van der Waals surface area (Å²) in [6, 6.07) is 3.36. The summed E-state index contributed by atoms with van der Waals surface area (Å²) >= 11 is 0. The molecule has 2 aromatic rings. The van der Waals surface area contributed by atoms with E-state index in [0.29, 0.717) is 24.3 Å². The van der Waals surface area contributed by atoms with Crippen LogP contribution in [0.15, 0.2) is 12.1 Å². The van der Waals surface area contributed by atoms with Crippen LogP contribution < -0.4 is 5.32 Å². The van der Waals surface area contributed by atoms with Crippen molar-refractivity contribution in [1.29, 1.82) is 0 Å². The Kier molecular flexibility index (Phi) is 1.97. The minimum atomic E-state index is -0.880. The predicted octanol–water partition coefficient (Wildman–Crippen LogP) is -0.0615. The number of anilines is 1. The summed E-state index contributed by atoms with van der Waals surface area (Å²) in [6.07, 6.45) is 2.13. The Morgan fingerprint density at radius 2 is 2.29 bits per heavy atom. The van der Waals surface area contributed by atoms with Crippen LogP contribution in [0.4, 0.5) is 5.82 Å². The van der Waals surface area contributed by atoms with E-state index in [2.05, 4.69) is 25.9 Å². The highest BCUT2D eigenvalue weighted by Crippen LogP contribution is 2.35. The number of rotatable bonds is 3. The summed E-state index contributed by atoms with van der Waals surface area (Å²) in [7, 11) is 0. The Balaban J connectivity index is 1.91. The number of carbonyl (C=O) groups is 1. The average molecular weight is 234 g/mol. The maximum Gasteiger partial charge on any atom is 0.329 e. The first-order chi connectivity index (χ1) is 8.20. The summed E-state index contributed by atoms with van der Waals surface area (Å²) < 4.78 is 1.26. The number of nitrogens with one attached hydrogen (secondary N) is 1. The van der Waals surface area contributed by atoms with Gasteiger partial charge < -0.3 is 10.4 Å². The molecule has 0 spiro atoms. The van der Waals surface area contributed by atoms with Crippen LogP contribution in [0.1, 0.15) is 19.3 Å². The molecule has 2 heterocycles. The molecule has 3 rings (SSSR count). The van der Waals surface area contributed by atoms with Crippen LogP contribution in [0.5, 0.6) is 0 Å². The van der Waals surface area contributed by atoms with Crippen molar-refractivity contribution < 1.29 is 9.90 Å². The number of aliphatic carboxylic acids is 1. The number of fused-ring (bicyclic) bond motifs is 1. The average Bonchev–Trinajstić information content (AvgIpc) is 2.69. The third-order valence-corrected chi connectivity index (χ3v) is 3.05. The van der Waals surface area contributed by atoms with Gasteiger partial charge in [-0.3, -0.25) is 0 Å². The normalized spacial score (nSPS) is 17.6. The van der Waals surface area contributed by atoms with Gasteiger partial charge in [-0.15, -0.1) is 14.8 Å². The van der Waals surface area contributed by atoms with Crippen LogP contribution in [-0.4, -0.2) is 41.9 Å². The summed E-state index contributed by atoms with van der Waals surface area (Å²) in [5, 5.41) is 27.1. The molecule has 0 bridgehead atoms. The second kappa shape index (κ2) is 3.37. The van der Waals surface area contributed by atoms with Crippen LogP contribution >= 0.6 is 0 Å². The molecule has 1 aliphatic rings. The zero-order valence-corrected chi connectivity index (χ0v) is 8.87. The maximum atomic E-state index is 11.2. The standard InChI is InChI=1S/C9H10N6O2/c16-8(17)9(4-1-5-9)10-6-2-3-7-11-13-14-15(7)12-6/h2-3H,1,4-5H2,(H,10,12)(H,16,17). The Hall–Kier alpha value is -2.25. The van der Waals surface area contributed by atoms with E-state index < -0.39 is 11.5 Å². The first kappa shape index (κ1) is 9.94. The van der Waals surface area contributed by atoms with Gasteiger partial charge in [0, 0.05) is 0 Å². The van der Waals surface area contributed by atoms with E-state index in [0.717, 1.165) is 6.42 Å². The molecule has 1 fully saturated rings. The number of hydrogen-bond donors (Lipinski definition) is 2. The van der Waals surface area contributed by atoms with Crippen molar-refractivity contribution in [3.63, 3.8) is 0 Å². The van der Waals surface area contributed by atoms with Gasteiger partial charge in [0.1, 0.15) is 11.4 Å². The van der Waals surface area contributed by atoms with Crippen molar-refractivity contribution >= 4 is 17.4 Å². The zero-order chi connectivity index (χ0) is 11.9. The molecule has 8 nitrogen and oxygen atoms in total. The van der Waals surface area contributed by atoms with Gasteiger partial charge in [0.25, 0.3) is 0 Å². The lowest BCUT2D eigenvalue weighted by molar-refractivity contribution is -0.145. The van der Waals surface area contributed by atoms with Crippen molar-refractivity contribution in [3.8, 4) is 0 Å². The third kappa shape index (κ3) is 1.49. The molecule has 2 N–H and O–H groups in total. The zero-order valence-electron chi connectivity index (χ0n) is 8.87. The van der Waals surface area contributed by atoms with E-state index in [1.807, 2.05) is 0 Å². The van der Waals surface area contributed by atoms with Crippen LogP contribution in [0.2, 0.25) is 0 Å². The van der Waals surface area contributed by atoms with E-state index in [9.17, 15) is 9.90 Å². The number of tetrazole rings is 1. The second-order valence-corrected chi connectivity index (χ2v) is 4.11. The number of hydrogen-bond acceptors (Lipinski definition) is 6. The Bertz CT molecular complexity index is 576. The van der Waals surface area contributed by atoms with E-state index in [1.54, 1.807) is 12.1 Å². The lowest BCUT2D eigenvalue weighted by Crippen LogP contribution is -2.52. The molecule has 0 aromatic carbocycles. The Morgan fingerprint density at radius 3 is 2.94 bits per heavy atom. The van der Waals surface area contributed by atoms with Gasteiger partial charge in [0.05, 0.1) is 0 Å². The smallest absolute Gasteiger partial charge is 0.329 e. The van der Waals surface area contributed by atoms with Crippen molar-refractivity contribution in [2.45, 2.75) is 24.8 Å². The van der Waals surface area contributed by atoms with Gasteiger partial charge in [-0.05, 0) is 41.8 Å². The Morgan fingerprint density at radius 1 is 1.47 bits per heavy atom. The molecule has 0 atom stereocenters. The summed E-state index contributed by atoms with van der Waals surface area (Å²) in [5.74, 6) is -0.380. The summed E-state index contributed by atoms with van der Waals surface area (Å²) in [5.41, 5.74) is -0.358.